The Morgan fingerprint density at radius 3 is 2.76 bits per heavy atom. The van der Waals surface area contributed by atoms with Gasteiger partial charge in [0.1, 0.15) is 4.90 Å². The van der Waals surface area contributed by atoms with Crippen LogP contribution in [0.5, 0.6) is 5.75 Å². The monoisotopic (exact) mass is 360 g/mol. The van der Waals surface area contributed by atoms with Crippen molar-refractivity contribution in [1.29, 1.82) is 0 Å². The third kappa shape index (κ3) is 3.19. The first kappa shape index (κ1) is 16.6. The van der Waals surface area contributed by atoms with Crippen LogP contribution in [-0.2, 0) is 10.0 Å². The summed E-state index contributed by atoms with van der Waals surface area (Å²) in [5.41, 5.74) is 3.22. The van der Waals surface area contributed by atoms with Crippen molar-refractivity contribution in [3.63, 3.8) is 0 Å². The van der Waals surface area contributed by atoms with Gasteiger partial charge >= 0.3 is 5.69 Å². The van der Waals surface area contributed by atoms with Gasteiger partial charge in [0.15, 0.2) is 11.6 Å². The highest BCUT2D eigenvalue weighted by Crippen LogP contribution is 2.27. The Hall–Kier alpha value is -3.27. The van der Waals surface area contributed by atoms with Gasteiger partial charge in [-0.15, -0.1) is 4.40 Å². The minimum absolute atomic E-state index is 0.0925. The predicted octanol–water partition coefficient (Wildman–Crippen LogP) is 1.68. The van der Waals surface area contributed by atoms with Gasteiger partial charge in [-0.3, -0.25) is 15.5 Å². The number of fused-ring (bicyclic) bond motifs is 1. The Bertz CT molecular complexity index is 1010. The average molecular weight is 360 g/mol. The van der Waals surface area contributed by atoms with Crippen molar-refractivity contribution in [2.45, 2.75) is 4.90 Å². The van der Waals surface area contributed by atoms with E-state index in [4.69, 9.17) is 4.74 Å². The van der Waals surface area contributed by atoms with Crippen LogP contribution in [0, 0.1) is 10.1 Å². The second-order valence-corrected chi connectivity index (χ2v) is 6.54. The smallest absolute Gasteiger partial charge is 0.311 e. The molecule has 1 aliphatic rings. The quantitative estimate of drug-likeness (QED) is 0.502. The highest BCUT2D eigenvalue weighted by molar-refractivity contribution is 7.90. The molecule has 25 heavy (non-hydrogen) atoms. The van der Waals surface area contributed by atoms with E-state index in [-0.39, 0.29) is 22.2 Å². The van der Waals surface area contributed by atoms with Crippen molar-refractivity contribution in [1.82, 2.24) is 5.43 Å². The van der Waals surface area contributed by atoms with Crippen molar-refractivity contribution in [3.05, 3.63) is 63.7 Å². The zero-order valence-corrected chi connectivity index (χ0v) is 13.7. The first-order valence-electron chi connectivity index (χ1n) is 6.98. The summed E-state index contributed by atoms with van der Waals surface area (Å²) in [5, 5.41) is 14.9. The molecule has 0 saturated heterocycles. The Morgan fingerprint density at radius 1 is 1.28 bits per heavy atom. The number of nitro groups is 1. The Labute approximate surface area is 142 Å². The number of methoxy groups -OCH3 is 1. The van der Waals surface area contributed by atoms with Crippen LogP contribution >= 0.6 is 0 Å². The highest BCUT2D eigenvalue weighted by atomic mass is 32.2. The molecular formula is C15H12N4O5S. The molecule has 1 heterocycles. The molecule has 0 aromatic heterocycles. The molecule has 1 aliphatic heterocycles. The lowest BCUT2D eigenvalue weighted by molar-refractivity contribution is -0.385. The number of hydrogen-bond donors (Lipinski definition) is 1. The first-order valence-corrected chi connectivity index (χ1v) is 8.42. The van der Waals surface area contributed by atoms with Crippen LogP contribution in [0.15, 0.2) is 56.9 Å². The molecule has 3 rings (SSSR count). The van der Waals surface area contributed by atoms with Crippen LogP contribution in [0.25, 0.3) is 0 Å². The summed E-state index contributed by atoms with van der Waals surface area (Å²) in [7, 11) is -2.39. The summed E-state index contributed by atoms with van der Waals surface area (Å²) in [6.07, 6.45) is 1.32. The number of hydrazone groups is 1. The van der Waals surface area contributed by atoms with Crippen LogP contribution in [0.3, 0.4) is 0 Å². The van der Waals surface area contributed by atoms with Crippen LogP contribution < -0.4 is 10.2 Å². The van der Waals surface area contributed by atoms with Crippen molar-refractivity contribution < 1.29 is 18.1 Å². The van der Waals surface area contributed by atoms with Crippen LogP contribution in [-0.4, -0.2) is 32.5 Å². The zero-order chi connectivity index (χ0) is 18.0. The molecule has 10 heteroatoms. The van der Waals surface area contributed by atoms with E-state index in [2.05, 4.69) is 14.9 Å². The molecular weight excluding hydrogens is 348 g/mol. The maximum atomic E-state index is 11.9. The Balaban J connectivity index is 1.83. The number of sulfonamides is 1. The maximum absolute atomic E-state index is 11.9. The molecule has 0 amide bonds. The molecule has 0 spiro atoms. The average Bonchev–Trinajstić information content (AvgIpc) is 2.86. The van der Waals surface area contributed by atoms with E-state index in [9.17, 15) is 18.5 Å². The summed E-state index contributed by atoms with van der Waals surface area (Å²) in [5.74, 6) is 0.227. The molecule has 0 bridgehead atoms. The summed E-state index contributed by atoms with van der Waals surface area (Å²) in [6, 6.07) is 10.7. The number of nitro benzene ring substituents is 1. The van der Waals surface area contributed by atoms with Gasteiger partial charge in [0, 0.05) is 17.2 Å². The van der Waals surface area contributed by atoms with E-state index in [0.29, 0.717) is 11.1 Å². The molecule has 0 saturated carbocycles. The fourth-order valence-corrected chi connectivity index (χ4v) is 3.46. The largest absolute Gasteiger partial charge is 0.490 e. The summed E-state index contributed by atoms with van der Waals surface area (Å²) < 4.78 is 32.4. The second-order valence-electron chi connectivity index (χ2n) is 4.97. The minimum atomic E-state index is -3.73. The van der Waals surface area contributed by atoms with Gasteiger partial charge < -0.3 is 4.74 Å². The molecule has 128 valence electrons. The van der Waals surface area contributed by atoms with Gasteiger partial charge in [-0.05, 0) is 24.3 Å². The van der Waals surface area contributed by atoms with Gasteiger partial charge in [0.25, 0.3) is 10.0 Å². The fraction of sp³-hybridized carbons (Fsp3) is 0.0667. The Morgan fingerprint density at radius 2 is 2.04 bits per heavy atom. The lowest BCUT2D eigenvalue weighted by Gasteiger charge is -2.02. The molecule has 0 unspecified atom stereocenters. The molecule has 0 aliphatic carbocycles. The number of ether oxygens (including phenoxy) is 1. The maximum Gasteiger partial charge on any atom is 0.311 e. The van der Waals surface area contributed by atoms with Gasteiger partial charge in [0.2, 0.25) is 0 Å². The molecule has 2 aromatic rings. The third-order valence-corrected chi connectivity index (χ3v) is 4.75. The fourth-order valence-electron chi connectivity index (χ4n) is 2.28. The minimum Gasteiger partial charge on any atom is -0.490 e. The predicted molar refractivity (Wildman–Crippen MR) is 90.5 cm³/mol. The van der Waals surface area contributed by atoms with E-state index in [0.717, 1.165) is 0 Å². The number of amidine groups is 1. The first-order chi connectivity index (χ1) is 11.9. The molecule has 0 radical (unpaired) electrons. The second kappa shape index (κ2) is 6.32. The molecule has 1 N–H and O–H groups in total. The summed E-state index contributed by atoms with van der Waals surface area (Å²) in [6.45, 7) is 0. The number of nitrogens with one attached hydrogen (secondary N) is 1. The lowest BCUT2D eigenvalue weighted by Crippen LogP contribution is -2.17. The van der Waals surface area contributed by atoms with E-state index < -0.39 is 14.9 Å². The van der Waals surface area contributed by atoms with E-state index in [1.165, 1.54) is 31.5 Å². The van der Waals surface area contributed by atoms with Crippen molar-refractivity contribution in [2.75, 3.05) is 7.11 Å². The van der Waals surface area contributed by atoms with Crippen molar-refractivity contribution in [3.8, 4) is 5.75 Å². The molecule has 9 nitrogen and oxygen atoms in total. The standard InChI is InChI=1S/C15H12N4O5S/c1-24-13-7-6-10(8-12(13)19(20)21)9-16-17-15-11-4-2-3-5-14(11)25(22,23)18-15/h2-9H,1H3,(H,17,18)/b16-9+. The van der Waals surface area contributed by atoms with Gasteiger partial charge in [0.05, 0.1) is 18.2 Å². The topological polar surface area (TPSA) is 123 Å². The van der Waals surface area contributed by atoms with Crippen molar-refractivity contribution >= 4 is 27.8 Å². The number of benzene rings is 2. The number of hydrogen-bond acceptors (Lipinski definition) is 7. The highest BCUT2D eigenvalue weighted by Gasteiger charge is 2.28. The summed E-state index contributed by atoms with van der Waals surface area (Å²) in [4.78, 5) is 10.5. The Kier molecular flexibility index (Phi) is 4.19. The van der Waals surface area contributed by atoms with Crippen molar-refractivity contribution in [2.24, 2.45) is 9.50 Å². The van der Waals surface area contributed by atoms with E-state index in [1.807, 2.05) is 0 Å². The SMILES string of the molecule is COc1ccc(/C=N/NC2=NS(=O)(=O)c3ccccc32)cc1[N+](=O)[O-]. The molecule has 2 aromatic carbocycles. The van der Waals surface area contributed by atoms with Gasteiger partial charge in [-0.2, -0.15) is 13.5 Å². The third-order valence-electron chi connectivity index (χ3n) is 3.42. The van der Waals surface area contributed by atoms with E-state index in [1.54, 1.807) is 24.3 Å². The van der Waals surface area contributed by atoms with Crippen LogP contribution in [0.1, 0.15) is 11.1 Å². The van der Waals surface area contributed by atoms with Gasteiger partial charge in [-0.1, -0.05) is 12.1 Å². The lowest BCUT2D eigenvalue weighted by atomic mass is 10.2. The normalized spacial score (nSPS) is 14.8. The molecule has 0 atom stereocenters. The summed E-state index contributed by atoms with van der Waals surface area (Å²) >= 11 is 0. The zero-order valence-electron chi connectivity index (χ0n) is 12.9. The number of nitrogens with zero attached hydrogens (tertiary/aromatic N) is 3. The van der Waals surface area contributed by atoms with Crippen LogP contribution in [0.2, 0.25) is 0 Å². The van der Waals surface area contributed by atoms with Gasteiger partial charge in [-0.25, -0.2) is 0 Å². The van der Waals surface area contributed by atoms with Crippen LogP contribution in [0.4, 0.5) is 5.69 Å². The van der Waals surface area contributed by atoms with E-state index >= 15 is 0 Å². The molecule has 0 fully saturated rings. The number of rotatable bonds is 4.